The lowest BCUT2D eigenvalue weighted by atomic mass is 10.2. The molecule has 2 heterocycles. The van der Waals surface area contributed by atoms with Gasteiger partial charge in [-0.15, -0.1) is 0 Å². The van der Waals surface area contributed by atoms with Crippen molar-refractivity contribution >= 4 is 17.6 Å². The fourth-order valence-corrected chi connectivity index (χ4v) is 3.17. The molecular weight excluding hydrogens is 234 g/mol. The van der Waals surface area contributed by atoms with Gasteiger partial charge in [0.05, 0.1) is 0 Å². The number of nitrogens with one attached hydrogen (secondary N) is 1. The predicted octanol–water partition coefficient (Wildman–Crippen LogP) is 2.13. The monoisotopic (exact) mass is 253 g/mol. The molecule has 0 saturated carbocycles. The van der Waals surface area contributed by atoms with E-state index in [1.54, 1.807) is 17.0 Å². The number of nitrogens with zero attached hydrogens (tertiary/aromatic N) is 2. The van der Waals surface area contributed by atoms with Crippen LogP contribution in [0.15, 0.2) is 17.2 Å². The van der Waals surface area contributed by atoms with Crippen LogP contribution in [-0.4, -0.2) is 27.1 Å². The molecule has 2 rings (SSSR count). The van der Waals surface area contributed by atoms with Gasteiger partial charge in [-0.2, -0.15) is 11.8 Å². The van der Waals surface area contributed by atoms with Crippen molar-refractivity contribution in [3.05, 3.63) is 22.7 Å². The van der Waals surface area contributed by atoms with E-state index < -0.39 is 0 Å². The molecule has 1 unspecified atom stereocenters. The highest BCUT2D eigenvalue weighted by molar-refractivity contribution is 8.00. The molecule has 1 aliphatic rings. The summed E-state index contributed by atoms with van der Waals surface area (Å²) in [6.07, 6.45) is 5.95. The average molecular weight is 253 g/mol. The van der Waals surface area contributed by atoms with E-state index in [9.17, 15) is 4.79 Å². The Morgan fingerprint density at radius 3 is 3.12 bits per heavy atom. The van der Waals surface area contributed by atoms with Gasteiger partial charge in [-0.25, -0.2) is 4.98 Å². The SMILES string of the molecule is CC(C)n1ccnc(NCC2CCCS2)c1=O. The van der Waals surface area contributed by atoms with Crippen molar-refractivity contribution in [2.45, 2.75) is 38.0 Å². The Morgan fingerprint density at radius 1 is 1.65 bits per heavy atom. The summed E-state index contributed by atoms with van der Waals surface area (Å²) in [6.45, 7) is 4.84. The second-order valence-electron chi connectivity index (χ2n) is 4.60. The topological polar surface area (TPSA) is 46.9 Å². The molecule has 1 fully saturated rings. The summed E-state index contributed by atoms with van der Waals surface area (Å²) >= 11 is 1.98. The molecule has 0 radical (unpaired) electrons. The van der Waals surface area contributed by atoms with E-state index in [2.05, 4.69) is 10.3 Å². The molecule has 5 heteroatoms. The van der Waals surface area contributed by atoms with Crippen LogP contribution < -0.4 is 10.9 Å². The number of aromatic nitrogens is 2. The van der Waals surface area contributed by atoms with E-state index in [4.69, 9.17) is 0 Å². The Kier molecular flexibility index (Phi) is 4.10. The number of hydrogen-bond donors (Lipinski definition) is 1. The van der Waals surface area contributed by atoms with Crippen LogP contribution in [-0.2, 0) is 0 Å². The van der Waals surface area contributed by atoms with Crippen LogP contribution in [0.1, 0.15) is 32.7 Å². The first-order valence-electron chi connectivity index (χ1n) is 6.11. The second-order valence-corrected chi connectivity index (χ2v) is 6.01. The van der Waals surface area contributed by atoms with Gasteiger partial charge < -0.3 is 9.88 Å². The van der Waals surface area contributed by atoms with E-state index >= 15 is 0 Å². The zero-order chi connectivity index (χ0) is 12.3. The molecule has 1 aromatic heterocycles. The molecule has 1 aromatic rings. The van der Waals surface area contributed by atoms with Crippen LogP contribution in [0, 0.1) is 0 Å². The lowest BCUT2D eigenvalue weighted by Crippen LogP contribution is -2.27. The van der Waals surface area contributed by atoms with Gasteiger partial charge in [0.15, 0.2) is 5.82 Å². The Balaban J connectivity index is 2.05. The highest BCUT2D eigenvalue weighted by Crippen LogP contribution is 2.25. The van der Waals surface area contributed by atoms with Crippen molar-refractivity contribution in [2.24, 2.45) is 0 Å². The molecule has 0 aromatic carbocycles. The first-order chi connectivity index (χ1) is 8.18. The van der Waals surface area contributed by atoms with Gasteiger partial charge in [0.25, 0.3) is 5.56 Å². The van der Waals surface area contributed by atoms with Crippen LogP contribution in [0.3, 0.4) is 0 Å². The molecule has 0 aliphatic carbocycles. The van der Waals surface area contributed by atoms with Gasteiger partial charge in [-0.1, -0.05) is 0 Å². The minimum atomic E-state index is -0.0227. The minimum absolute atomic E-state index is 0.0227. The van der Waals surface area contributed by atoms with Crippen LogP contribution in [0.4, 0.5) is 5.82 Å². The van der Waals surface area contributed by atoms with E-state index in [-0.39, 0.29) is 11.6 Å². The second kappa shape index (κ2) is 5.58. The lowest BCUT2D eigenvalue weighted by Gasteiger charge is -2.13. The number of thioether (sulfide) groups is 1. The van der Waals surface area contributed by atoms with Crippen LogP contribution in [0.25, 0.3) is 0 Å². The van der Waals surface area contributed by atoms with Crippen molar-refractivity contribution in [2.75, 3.05) is 17.6 Å². The molecular formula is C12H19N3OS. The van der Waals surface area contributed by atoms with Gasteiger partial charge in [-0.3, -0.25) is 4.79 Å². The third-order valence-electron chi connectivity index (χ3n) is 2.95. The Hall–Kier alpha value is -0.970. The van der Waals surface area contributed by atoms with Gasteiger partial charge in [0.1, 0.15) is 0 Å². The summed E-state index contributed by atoms with van der Waals surface area (Å²) in [4.78, 5) is 16.2. The third kappa shape index (κ3) is 3.03. The predicted molar refractivity (Wildman–Crippen MR) is 72.9 cm³/mol. The van der Waals surface area contributed by atoms with Gasteiger partial charge in [0, 0.05) is 30.2 Å². The van der Waals surface area contributed by atoms with Crippen molar-refractivity contribution in [3.63, 3.8) is 0 Å². The molecule has 17 heavy (non-hydrogen) atoms. The van der Waals surface area contributed by atoms with Crippen molar-refractivity contribution < 1.29 is 0 Å². The average Bonchev–Trinajstić information content (AvgIpc) is 2.80. The maximum atomic E-state index is 12.0. The Morgan fingerprint density at radius 2 is 2.47 bits per heavy atom. The molecule has 94 valence electrons. The first kappa shape index (κ1) is 12.5. The summed E-state index contributed by atoms with van der Waals surface area (Å²) in [7, 11) is 0. The van der Waals surface area contributed by atoms with Crippen molar-refractivity contribution in [1.82, 2.24) is 9.55 Å². The quantitative estimate of drug-likeness (QED) is 0.893. The maximum Gasteiger partial charge on any atom is 0.293 e. The summed E-state index contributed by atoms with van der Waals surface area (Å²) in [5.74, 6) is 1.72. The highest BCUT2D eigenvalue weighted by Gasteiger charge is 2.16. The van der Waals surface area contributed by atoms with Gasteiger partial charge in [0.2, 0.25) is 0 Å². The van der Waals surface area contributed by atoms with Crippen molar-refractivity contribution in [3.8, 4) is 0 Å². The molecule has 1 aliphatic heterocycles. The first-order valence-corrected chi connectivity index (χ1v) is 7.16. The van der Waals surface area contributed by atoms with E-state index in [0.717, 1.165) is 6.54 Å². The third-order valence-corrected chi connectivity index (χ3v) is 4.34. The number of hydrogen-bond acceptors (Lipinski definition) is 4. The van der Waals surface area contributed by atoms with Gasteiger partial charge in [-0.05, 0) is 32.4 Å². The maximum absolute atomic E-state index is 12.0. The van der Waals surface area contributed by atoms with Crippen LogP contribution >= 0.6 is 11.8 Å². The van der Waals surface area contributed by atoms with Crippen LogP contribution in [0.2, 0.25) is 0 Å². The summed E-state index contributed by atoms with van der Waals surface area (Å²) < 4.78 is 1.71. The Labute approximate surface area is 106 Å². The minimum Gasteiger partial charge on any atom is -0.364 e. The number of rotatable bonds is 4. The zero-order valence-corrected chi connectivity index (χ0v) is 11.2. The molecule has 1 atom stereocenters. The Bertz CT molecular complexity index is 424. The van der Waals surface area contributed by atoms with Crippen LogP contribution in [0.5, 0.6) is 0 Å². The largest absolute Gasteiger partial charge is 0.364 e. The molecule has 0 spiro atoms. The molecule has 4 nitrogen and oxygen atoms in total. The zero-order valence-electron chi connectivity index (χ0n) is 10.3. The fraction of sp³-hybridized carbons (Fsp3) is 0.667. The summed E-state index contributed by atoms with van der Waals surface area (Å²) in [5.41, 5.74) is -0.0227. The van der Waals surface area contributed by atoms with Crippen molar-refractivity contribution in [1.29, 1.82) is 0 Å². The fourth-order valence-electron chi connectivity index (χ4n) is 1.97. The van der Waals surface area contributed by atoms with Gasteiger partial charge >= 0.3 is 0 Å². The summed E-state index contributed by atoms with van der Waals surface area (Å²) in [5, 5.41) is 3.81. The highest BCUT2D eigenvalue weighted by atomic mass is 32.2. The van der Waals surface area contributed by atoms with E-state index in [0.29, 0.717) is 11.1 Å². The molecule has 1 saturated heterocycles. The normalized spacial score (nSPS) is 19.8. The summed E-state index contributed by atoms with van der Waals surface area (Å²) in [6, 6.07) is 0.173. The standard InChI is InChI=1S/C12H19N3OS/c1-9(2)15-6-5-13-11(12(15)16)14-8-10-4-3-7-17-10/h5-6,9-10H,3-4,7-8H2,1-2H3,(H,13,14). The lowest BCUT2D eigenvalue weighted by molar-refractivity contribution is 0.575. The molecule has 1 N–H and O–H groups in total. The van der Waals surface area contributed by atoms with E-state index in [1.165, 1.54) is 18.6 Å². The number of anilines is 1. The molecule has 0 amide bonds. The molecule has 0 bridgehead atoms. The smallest absolute Gasteiger partial charge is 0.293 e. The van der Waals surface area contributed by atoms with E-state index in [1.807, 2.05) is 25.6 Å².